The van der Waals surface area contributed by atoms with E-state index in [4.69, 9.17) is 17.3 Å². The number of hydrogen-bond acceptors (Lipinski definition) is 4. The first-order chi connectivity index (χ1) is 9.92. The maximum atomic E-state index is 12.1. The quantitative estimate of drug-likeness (QED) is 0.812. The number of amides is 2. The molecule has 0 bridgehead atoms. The van der Waals surface area contributed by atoms with Crippen LogP contribution in [0.2, 0.25) is 5.02 Å². The van der Waals surface area contributed by atoms with Crippen molar-refractivity contribution in [2.75, 3.05) is 18.1 Å². The summed E-state index contributed by atoms with van der Waals surface area (Å²) in [5.41, 5.74) is 7.12. The number of nitrogens with one attached hydrogen (secondary N) is 2. The zero-order chi connectivity index (χ0) is 15.6. The second-order valence-electron chi connectivity index (χ2n) is 4.35. The monoisotopic (exact) mass is 323 g/mol. The number of thiophene rings is 1. The van der Waals surface area contributed by atoms with Crippen LogP contribution in [0.5, 0.6) is 0 Å². The first kappa shape index (κ1) is 15.3. The van der Waals surface area contributed by atoms with Gasteiger partial charge in [0.25, 0.3) is 11.8 Å². The Morgan fingerprint density at radius 1 is 1.24 bits per heavy atom. The number of halogens is 1. The van der Waals surface area contributed by atoms with E-state index in [-0.39, 0.29) is 11.8 Å². The van der Waals surface area contributed by atoms with Gasteiger partial charge in [-0.2, -0.15) is 0 Å². The maximum absolute atomic E-state index is 12.1. The second kappa shape index (κ2) is 6.15. The standard InChI is InChI=1S/C14H14ClN3O2S/c1-7-11(16)6-12(21-7)14(20)18-8-3-4-10(15)9(5-8)13(19)17-2/h3-6H,16H2,1-2H3,(H,17,19)(H,18,20). The Hall–Kier alpha value is -2.05. The van der Waals surface area contributed by atoms with Gasteiger partial charge < -0.3 is 16.4 Å². The predicted octanol–water partition coefficient (Wildman–Crippen LogP) is 2.90. The molecule has 0 radical (unpaired) electrons. The van der Waals surface area contributed by atoms with Crippen LogP contribution < -0.4 is 16.4 Å². The van der Waals surface area contributed by atoms with Crippen LogP contribution in [0.4, 0.5) is 11.4 Å². The molecular formula is C14H14ClN3O2S. The lowest BCUT2D eigenvalue weighted by Gasteiger charge is -2.07. The summed E-state index contributed by atoms with van der Waals surface area (Å²) in [4.78, 5) is 25.2. The zero-order valence-electron chi connectivity index (χ0n) is 11.5. The summed E-state index contributed by atoms with van der Waals surface area (Å²) in [5.74, 6) is -0.586. The molecule has 0 aliphatic carbocycles. The van der Waals surface area contributed by atoms with Gasteiger partial charge in [0.2, 0.25) is 0 Å². The summed E-state index contributed by atoms with van der Waals surface area (Å²) >= 11 is 7.28. The van der Waals surface area contributed by atoms with E-state index in [0.29, 0.717) is 26.8 Å². The van der Waals surface area contributed by atoms with Crippen LogP contribution in [0.15, 0.2) is 24.3 Å². The van der Waals surface area contributed by atoms with Gasteiger partial charge in [-0.25, -0.2) is 0 Å². The van der Waals surface area contributed by atoms with E-state index in [1.165, 1.54) is 24.5 Å². The molecule has 2 aromatic rings. The summed E-state index contributed by atoms with van der Waals surface area (Å²) in [7, 11) is 1.51. The van der Waals surface area contributed by atoms with Crippen molar-refractivity contribution in [3.63, 3.8) is 0 Å². The summed E-state index contributed by atoms with van der Waals surface area (Å²) in [6.45, 7) is 1.85. The van der Waals surface area contributed by atoms with E-state index in [0.717, 1.165) is 4.88 Å². The fraction of sp³-hybridized carbons (Fsp3) is 0.143. The van der Waals surface area contributed by atoms with E-state index in [9.17, 15) is 9.59 Å². The Labute approximate surface area is 131 Å². The Kier molecular flexibility index (Phi) is 4.50. The van der Waals surface area contributed by atoms with Gasteiger partial charge in [0.05, 0.1) is 15.5 Å². The fourth-order valence-electron chi connectivity index (χ4n) is 1.71. The van der Waals surface area contributed by atoms with Crippen molar-refractivity contribution in [2.24, 2.45) is 0 Å². The minimum Gasteiger partial charge on any atom is -0.398 e. The minimum atomic E-state index is -0.313. The van der Waals surface area contributed by atoms with E-state index >= 15 is 0 Å². The molecule has 0 atom stereocenters. The molecule has 21 heavy (non-hydrogen) atoms. The largest absolute Gasteiger partial charge is 0.398 e. The number of carbonyl (C=O) groups is 2. The topological polar surface area (TPSA) is 84.2 Å². The number of carbonyl (C=O) groups excluding carboxylic acids is 2. The number of aryl methyl sites for hydroxylation is 1. The van der Waals surface area contributed by atoms with Gasteiger partial charge in [-0.15, -0.1) is 11.3 Å². The van der Waals surface area contributed by atoms with Gasteiger partial charge >= 0.3 is 0 Å². The van der Waals surface area contributed by atoms with E-state index in [1.807, 2.05) is 6.92 Å². The highest BCUT2D eigenvalue weighted by Crippen LogP contribution is 2.25. The average molecular weight is 324 g/mol. The summed E-state index contributed by atoms with van der Waals surface area (Å²) in [6.07, 6.45) is 0. The molecule has 5 nitrogen and oxygen atoms in total. The van der Waals surface area contributed by atoms with E-state index < -0.39 is 0 Å². The number of nitrogens with two attached hydrogens (primary N) is 1. The molecule has 0 aliphatic rings. The summed E-state index contributed by atoms with van der Waals surface area (Å²) < 4.78 is 0. The van der Waals surface area contributed by atoms with Crippen molar-refractivity contribution >= 4 is 46.1 Å². The van der Waals surface area contributed by atoms with Gasteiger partial charge in [-0.05, 0) is 31.2 Å². The molecule has 0 unspecified atom stereocenters. The van der Waals surface area contributed by atoms with Gasteiger partial charge in [-0.1, -0.05) is 11.6 Å². The van der Waals surface area contributed by atoms with Gasteiger partial charge in [0.15, 0.2) is 0 Å². The highest BCUT2D eigenvalue weighted by Gasteiger charge is 2.14. The number of hydrogen-bond donors (Lipinski definition) is 3. The van der Waals surface area contributed by atoms with Crippen molar-refractivity contribution in [1.29, 1.82) is 0 Å². The van der Waals surface area contributed by atoms with E-state index in [1.54, 1.807) is 18.2 Å². The molecule has 0 saturated carbocycles. The maximum Gasteiger partial charge on any atom is 0.265 e. The summed E-state index contributed by atoms with van der Waals surface area (Å²) in [6, 6.07) is 6.36. The SMILES string of the molecule is CNC(=O)c1cc(NC(=O)c2cc(N)c(C)s2)ccc1Cl. The van der Waals surface area contributed by atoms with Crippen LogP contribution in [0.25, 0.3) is 0 Å². The molecule has 0 spiro atoms. The fourth-order valence-corrected chi connectivity index (χ4v) is 2.75. The molecule has 1 aromatic heterocycles. The van der Waals surface area contributed by atoms with E-state index in [2.05, 4.69) is 10.6 Å². The van der Waals surface area contributed by atoms with Crippen molar-refractivity contribution in [1.82, 2.24) is 5.32 Å². The van der Waals surface area contributed by atoms with Crippen LogP contribution in [0, 0.1) is 6.92 Å². The first-order valence-corrected chi connectivity index (χ1v) is 7.30. The Bertz CT molecular complexity index is 693. The smallest absolute Gasteiger partial charge is 0.265 e. The van der Waals surface area contributed by atoms with Gasteiger partial charge in [-0.3, -0.25) is 9.59 Å². The molecular weight excluding hydrogens is 310 g/mol. The lowest BCUT2D eigenvalue weighted by Crippen LogP contribution is -2.19. The van der Waals surface area contributed by atoms with Gasteiger partial charge in [0, 0.05) is 23.3 Å². The average Bonchev–Trinajstić information content (AvgIpc) is 2.80. The second-order valence-corrected chi connectivity index (χ2v) is 6.01. The zero-order valence-corrected chi connectivity index (χ0v) is 13.1. The molecule has 0 aliphatic heterocycles. The Balaban J connectivity index is 2.23. The van der Waals surface area contributed by atoms with Crippen LogP contribution in [-0.4, -0.2) is 18.9 Å². The number of rotatable bonds is 3. The Morgan fingerprint density at radius 2 is 1.95 bits per heavy atom. The van der Waals surface area contributed by atoms with Gasteiger partial charge in [0.1, 0.15) is 0 Å². The molecule has 7 heteroatoms. The first-order valence-electron chi connectivity index (χ1n) is 6.11. The van der Waals surface area contributed by atoms with Crippen molar-refractivity contribution in [2.45, 2.75) is 6.92 Å². The predicted molar refractivity (Wildman–Crippen MR) is 86.3 cm³/mol. The number of benzene rings is 1. The number of nitrogen functional groups attached to an aromatic ring is 1. The minimum absolute atomic E-state index is 0.273. The molecule has 2 amide bonds. The molecule has 4 N–H and O–H groups in total. The summed E-state index contributed by atoms with van der Waals surface area (Å²) in [5, 5.41) is 5.54. The highest BCUT2D eigenvalue weighted by molar-refractivity contribution is 7.14. The van der Waals surface area contributed by atoms with Crippen molar-refractivity contribution < 1.29 is 9.59 Å². The molecule has 0 fully saturated rings. The third-order valence-electron chi connectivity index (χ3n) is 2.88. The molecule has 110 valence electrons. The normalized spacial score (nSPS) is 10.2. The lowest BCUT2D eigenvalue weighted by molar-refractivity contribution is 0.0961. The van der Waals surface area contributed by atoms with Crippen molar-refractivity contribution in [3.05, 3.63) is 44.6 Å². The molecule has 1 heterocycles. The highest BCUT2D eigenvalue weighted by atomic mass is 35.5. The molecule has 2 rings (SSSR count). The van der Waals surface area contributed by atoms with Crippen LogP contribution in [0.3, 0.4) is 0 Å². The Morgan fingerprint density at radius 3 is 2.52 bits per heavy atom. The van der Waals surface area contributed by atoms with Crippen molar-refractivity contribution in [3.8, 4) is 0 Å². The van der Waals surface area contributed by atoms with Crippen LogP contribution >= 0.6 is 22.9 Å². The molecule has 0 saturated heterocycles. The third kappa shape index (κ3) is 3.34. The number of anilines is 2. The molecule has 1 aromatic carbocycles. The third-order valence-corrected chi connectivity index (χ3v) is 4.27. The lowest BCUT2D eigenvalue weighted by atomic mass is 10.2. The van der Waals surface area contributed by atoms with Crippen LogP contribution in [0.1, 0.15) is 24.9 Å². The van der Waals surface area contributed by atoms with Crippen LogP contribution in [-0.2, 0) is 0 Å².